The Bertz CT molecular complexity index is 2450. The largest absolute Gasteiger partial charge is 0.459 e. The molecule has 20 nitrogen and oxygen atoms in total. The lowest BCUT2D eigenvalue weighted by molar-refractivity contribution is -0.362. The molecular weight excluding hydrogens is 1040 g/mol. The van der Waals surface area contributed by atoms with Crippen LogP contribution in [-0.4, -0.2) is 205 Å². The summed E-state index contributed by atoms with van der Waals surface area (Å²) in [4.78, 5) is 19.3. The van der Waals surface area contributed by atoms with Gasteiger partial charge < -0.3 is 86.0 Å². The zero-order chi connectivity index (χ0) is 54.2. The van der Waals surface area contributed by atoms with Gasteiger partial charge in [-0.1, -0.05) is 27.0 Å². The number of aliphatic imine (C=N–C) groups is 1. The first-order valence-corrected chi connectivity index (χ1v) is 30.9. The Balaban J connectivity index is 0.631. The van der Waals surface area contributed by atoms with Gasteiger partial charge in [0.2, 0.25) is 0 Å². The predicted molar refractivity (Wildman–Crippen MR) is 276 cm³/mol. The van der Waals surface area contributed by atoms with E-state index in [9.17, 15) is 15.0 Å². The molecule has 12 bridgehead atoms. The Morgan fingerprint density at radius 2 is 1.21 bits per heavy atom. The molecule has 0 aromatic carbocycles. The summed E-state index contributed by atoms with van der Waals surface area (Å²) >= 11 is 0. The van der Waals surface area contributed by atoms with E-state index in [1.165, 1.54) is 0 Å². The van der Waals surface area contributed by atoms with Crippen molar-refractivity contribution in [1.29, 1.82) is 0 Å². The minimum absolute atomic E-state index is 0.00630. The number of aliphatic hydroxyl groups excluding tert-OH is 2. The van der Waals surface area contributed by atoms with E-state index in [2.05, 4.69) is 33.7 Å². The maximum absolute atomic E-state index is 14.6. The maximum Gasteiger partial charge on any atom is 0.308 e. The van der Waals surface area contributed by atoms with Gasteiger partial charge in [-0.05, 0) is 81.1 Å². The van der Waals surface area contributed by atoms with Gasteiger partial charge in [-0.25, -0.2) is 0 Å². The number of aliphatic hydroxyl groups is 2. The molecule has 31 atom stereocenters. The van der Waals surface area contributed by atoms with Gasteiger partial charge in [0.05, 0.1) is 117 Å². The minimum atomic E-state index is -1.24. The van der Waals surface area contributed by atoms with Crippen molar-refractivity contribution in [3.8, 4) is 0 Å². The second kappa shape index (κ2) is 19.7. The van der Waals surface area contributed by atoms with Crippen LogP contribution in [0.3, 0.4) is 0 Å². The third-order valence-corrected chi connectivity index (χ3v) is 22.2. The molecule has 0 saturated carbocycles. The van der Waals surface area contributed by atoms with Crippen LogP contribution in [0.5, 0.6) is 0 Å². The number of esters is 1. The highest BCUT2D eigenvalue weighted by Gasteiger charge is 2.70. The van der Waals surface area contributed by atoms with E-state index in [-0.39, 0.29) is 129 Å². The lowest BCUT2D eigenvalue weighted by Crippen LogP contribution is -2.63. The van der Waals surface area contributed by atoms with Crippen molar-refractivity contribution in [2.75, 3.05) is 6.61 Å². The molecule has 17 fully saturated rings. The van der Waals surface area contributed by atoms with Crippen LogP contribution in [0.25, 0.3) is 0 Å². The molecule has 3 spiro atoms. The molecule has 2 N–H and O–H groups in total. The van der Waals surface area contributed by atoms with Crippen LogP contribution in [-0.2, 0) is 80.6 Å². The van der Waals surface area contributed by atoms with E-state index in [1.807, 2.05) is 0 Å². The van der Waals surface area contributed by atoms with Gasteiger partial charge in [0, 0.05) is 70.6 Å². The number of rotatable bonds is 3. The maximum atomic E-state index is 14.6. The highest BCUT2D eigenvalue weighted by atomic mass is 16.8. The topological polar surface area (TPSA) is 218 Å². The first-order valence-electron chi connectivity index (χ1n) is 30.9. The van der Waals surface area contributed by atoms with Crippen LogP contribution >= 0.6 is 0 Å². The quantitative estimate of drug-likeness (QED) is 0.219. The molecule has 21 unspecified atom stereocenters. The second-order valence-corrected chi connectivity index (χ2v) is 27.4. The van der Waals surface area contributed by atoms with Gasteiger partial charge in [0.25, 0.3) is 0 Å². The van der Waals surface area contributed by atoms with Crippen molar-refractivity contribution in [2.24, 2.45) is 16.8 Å². The molecule has 0 aliphatic carbocycles. The van der Waals surface area contributed by atoms with Crippen LogP contribution in [0.2, 0.25) is 0 Å². The summed E-state index contributed by atoms with van der Waals surface area (Å²) in [7, 11) is 0. The number of carbonyl (C=O) groups excluding carboxylic acids is 1. The van der Waals surface area contributed by atoms with Gasteiger partial charge in [0.1, 0.15) is 48.8 Å². The van der Waals surface area contributed by atoms with Crippen LogP contribution in [0.4, 0.5) is 0 Å². The summed E-state index contributed by atoms with van der Waals surface area (Å²) in [6, 6.07) is 0. The van der Waals surface area contributed by atoms with Gasteiger partial charge in [-0.2, -0.15) is 0 Å². The number of ether oxygens (including phenoxy) is 16. The Morgan fingerprint density at radius 1 is 0.525 bits per heavy atom. The van der Waals surface area contributed by atoms with Crippen molar-refractivity contribution < 1.29 is 90.8 Å². The molecule has 0 aromatic heterocycles. The highest BCUT2D eigenvalue weighted by molar-refractivity contribution is 5.70. The van der Waals surface area contributed by atoms with E-state index < -0.39 is 84.0 Å². The minimum Gasteiger partial charge on any atom is -0.459 e. The first-order chi connectivity index (χ1) is 38.6. The van der Waals surface area contributed by atoms with E-state index in [4.69, 9.17) is 80.8 Å². The predicted octanol–water partition coefficient (Wildman–Crippen LogP) is 4.87. The fourth-order valence-corrected chi connectivity index (χ4v) is 18.3. The highest BCUT2D eigenvalue weighted by Crippen LogP contribution is 2.58. The summed E-state index contributed by atoms with van der Waals surface area (Å²) < 4.78 is 110. The molecule has 17 aliphatic heterocycles. The SMILES string of the molecule is C=NC12CC3OC(=O)CC4CCC5OC6C7O[C@@H]8C[C@](CCC9CC(=C)C(CCC%10C[C@@H](C)C(=C)C(CC3O[C@H]1C[C@H]1O[C@@]3(CC%11O[C@@]%12(CCC%11O3)C[C@H](C)C3OC%11CC(C(O)CO)OC%11CC3O%12)C[C@H]1O2)O%10)O9)(OC7[C@H]5O4)OC68. The number of nitrogens with zero attached hydrogens (tertiary/aromatic N) is 1. The first kappa shape index (κ1) is 53.4. The van der Waals surface area contributed by atoms with Gasteiger partial charge in [-0.15, -0.1) is 0 Å². The van der Waals surface area contributed by atoms with Crippen molar-refractivity contribution in [3.05, 3.63) is 24.3 Å². The van der Waals surface area contributed by atoms with E-state index >= 15 is 0 Å². The zero-order valence-electron chi connectivity index (χ0n) is 46.3. The molecule has 17 saturated heterocycles. The summed E-state index contributed by atoms with van der Waals surface area (Å²) in [6.07, 6.45) is 3.86. The lowest BCUT2D eigenvalue weighted by atomic mass is 9.80. The molecule has 442 valence electrons. The van der Waals surface area contributed by atoms with Crippen LogP contribution < -0.4 is 0 Å². The standard InChI is InChI=1S/C60H83NO19/c1-27-14-31-6-8-35-28(2)15-33(65-35)10-12-58-24-48-53(79-58)54-55(73-48)56(80-58)52-37(71-54)9-7-32(67-52)16-50(64)70-45-25-60(61-5)49(69-42(45)17-38(66-31)30(27)4)20-43-47(78-60)23-59(75-43)22-46-36(74-59)11-13-57(77-46)21-29(3)51-44(76-57)19-40-41(72-51)18-39(68-40)34(63)26-62/h27,29,31-49,51-56,62-63H,2,4-26H2,1,3H3/t27-,29+,31?,32?,33?,34?,35?,36?,37?,38?,39?,40?,41?,42?,43-,44?,45?,46?,47-,48-,49+,51?,52+,53?,54?,55?,56?,57+,58+,59+,60?/m1/s1. The van der Waals surface area contributed by atoms with Crippen molar-refractivity contribution in [3.63, 3.8) is 0 Å². The molecule has 20 heteroatoms. The molecule has 17 aliphatic rings. The van der Waals surface area contributed by atoms with Crippen molar-refractivity contribution >= 4 is 12.7 Å². The van der Waals surface area contributed by atoms with Gasteiger partial charge in [0.15, 0.2) is 23.1 Å². The zero-order valence-corrected chi connectivity index (χ0v) is 46.3. The van der Waals surface area contributed by atoms with E-state index in [0.717, 1.165) is 49.7 Å². The summed E-state index contributed by atoms with van der Waals surface area (Å²) in [5, 5.41) is 20.0. The fourth-order valence-electron chi connectivity index (χ4n) is 18.3. The Labute approximate surface area is 467 Å². The normalized spacial score (nSPS) is 57.9. The summed E-state index contributed by atoms with van der Waals surface area (Å²) in [5.74, 6) is -2.65. The number of carbonyl (C=O) groups is 1. The van der Waals surface area contributed by atoms with Crippen LogP contribution in [0.15, 0.2) is 29.3 Å². The summed E-state index contributed by atoms with van der Waals surface area (Å²) in [5.41, 5.74) is 0.879. The number of fused-ring (bicyclic) bond motifs is 11. The second-order valence-electron chi connectivity index (χ2n) is 27.4. The molecular formula is C60H83NO19. The average Bonchev–Trinajstić information content (AvgIpc) is 4.28. The monoisotopic (exact) mass is 1120 g/mol. The molecule has 17 rings (SSSR count). The molecule has 17 heterocycles. The Kier molecular flexibility index (Phi) is 13.2. The summed E-state index contributed by atoms with van der Waals surface area (Å²) in [6.45, 7) is 17.3. The molecule has 0 aromatic rings. The number of hydrogen-bond donors (Lipinski definition) is 2. The van der Waals surface area contributed by atoms with Crippen LogP contribution in [0, 0.1) is 11.8 Å². The van der Waals surface area contributed by atoms with Gasteiger partial charge >= 0.3 is 5.97 Å². The fraction of sp³-hybridized carbons (Fsp3) is 0.900. The molecule has 0 radical (unpaired) electrons. The van der Waals surface area contributed by atoms with Crippen molar-refractivity contribution in [1.82, 2.24) is 0 Å². The Hall–Kier alpha value is -2.06. The third kappa shape index (κ3) is 8.90. The lowest BCUT2D eigenvalue weighted by Gasteiger charge is -2.53. The third-order valence-electron chi connectivity index (χ3n) is 22.2. The molecule has 0 amide bonds. The smallest absolute Gasteiger partial charge is 0.308 e. The number of hydrogen-bond acceptors (Lipinski definition) is 20. The van der Waals surface area contributed by atoms with Crippen molar-refractivity contribution in [2.45, 2.75) is 318 Å². The van der Waals surface area contributed by atoms with E-state index in [0.29, 0.717) is 77.0 Å². The Morgan fingerprint density at radius 3 is 2.08 bits per heavy atom. The van der Waals surface area contributed by atoms with Crippen LogP contribution in [0.1, 0.15) is 142 Å². The molecule has 80 heavy (non-hydrogen) atoms. The average molecular weight is 1120 g/mol. The van der Waals surface area contributed by atoms with E-state index in [1.54, 1.807) is 0 Å². The van der Waals surface area contributed by atoms with Gasteiger partial charge in [-0.3, -0.25) is 9.79 Å².